The zero-order valence-corrected chi connectivity index (χ0v) is 7.15. The van der Waals surface area contributed by atoms with Crippen molar-refractivity contribution in [2.24, 2.45) is 0 Å². The van der Waals surface area contributed by atoms with Crippen molar-refractivity contribution in [2.45, 2.75) is 6.92 Å². The molecule has 0 spiro atoms. The molecule has 0 fully saturated rings. The number of nitrogen functional groups attached to an aromatic ring is 1. The van der Waals surface area contributed by atoms with Crippen molar-refractivity contribution in [3.05, 3.63) is 17.6 Å². The van der Waals surface area contributed by atoms with Gasteiger partial charge in [0.2, 0.25) is 5.95 Å². The normalized spacial score (nSPS) is 10.8. The molecule has 0 unspecified atom stereocenters. The first-order valence-electron chi connectivity index (χ1n) is 3.36. The van der Waals surface area contributed by atoms with Crippen LogP contribution in [0.15, 0.2) is 6.07 Å². The van der Waals surface area contributed by atoms with Gasteiger partial charge in [0.15, 0.2) is 5.13 Å². The minimum Gasteiger partial charge on any atom is -0.375 e. The third-order valence-electron chi connectivity index (χ3n) is 1.53. The van der Waals surface area contributed by atoms with Crippen LogP contribution in [0.2, 0.25) is 0 Å². The molecule has 2 rings (SSSR count). The molecule has 0 aliphatic carbocycles. The highest BCUT2D eigenvalue weighted by molar-refractivity contribution is 7.21. The fraction of sp³-hybridized carbons (Fsp3) is 0.143. The van der Waals surface area contributed by atoms with Crippen LogP contribution in [0.5, 0.6) is 0 Å². The Balaban J connectivity index is 2.83. The van der Waals surface area contributed by atoms with Crippen LogP contribution in [0.4, 0.5) is 9.52 Å². The van der Waals surface area contributed by atoms with E-state index in [0.717, 1.165) is 0 Å². The molecule has 0 aliphatic rings. The van der Waals surface area contributed by atoms with Gasteiger partial charge in [0, 0.05) is 5.56 Å². The van der Waals surface area contributed by atoms with E-state index < -0.39 is 5.95 Å². The number of rotatable bonds is 0. The lowest BCUT2D eigenvalue weighted by atomic mass is 10.3. The fourth-order valence-corrected chi connectivity index (χ4v) is 1.63. The van der Waals surface area contributed by atoms with Gasteiger partial charge in [-0.2, -0.15) is 4.39 Å². The van der Waals surface area contributed by atoms with Crippen LogP contribution >= 0.6 is 11.3 Å². The topological polar surface area (TPSA) is 51.8 Å². The summed E-state index contributed by atoms with van der Waals surface area (Å²) in [6.07, 6.45) is 0. The average Bonchev–Trinajstić information content (AvgIpc) is 2.30. The number of nitrogens with two attached hydrogens (primary N) is 1. The molecule has 2 aromatic heterocycles. The molecule has 2 heterocycles. The minimum atomic E-state index is -0.453. The smallest absolute Gasteiger partial charge is 0.217 e. The number of anilines is 1. The largest absolute Gasteiger partial charge is 0.375 e. The van der Waals surface area contributed by atoms with E-state index in [0.29, 0.717) is 21.0 Å². The monoisotopic (exact) mass is 183 g/mol. The highest BCUT2D eigenvalue weighted by Crippen LogP contribution is 2.22. The van der Waals surface area contributed by atoms with Crippen molar-refractivity contribution < 1.29 is 4.39 Å². The van der Waals surface area contributed by atoms with Gasteiger partial charge in [0.25, 0.3) is 0 Å². The van der Waals surface area contributed by atoms with Crippen molar-refractivity contribution in [3.63, 3.8) is 0 Å². The zero-order chi connectivity index (χ0) is 8.72. The molecule has 0 bridgehead atoms. The number of hydrogen-bond acceptors (Lipinski definition) is 4. The van der Waals surface area contributed by atoms with Crippen molar-refractivity contribution in [1.29, 1.82) is 0 Å². The van der Waals surface area contributed by atoms with E-state index in [4.69, 9.17) is 5.73 Å². The first-order valence-corrected chi connectivity index (χ1v) is 4.17. The van der Waals surface area contributed by atoms with E-state index in [1.165, 1.54) is 11.3 Å². The fourth-order valence-electron chi connectivity index (χ4n) is 0.957. The van der Waals surface area contributed by atoms with E-state index in [2.05, 4.69) is 9.97 Å². The van der Waals surface area contributed by atoms with Crippen LogP contribution in [-0.2, 0) is 0 Å². The molecule has 0 aliphatic heterocycles. The van der Waals surface area contributed by atoms with Crippen LogP contribution in [0, 0.1) is 12.9 Å². The third kappa shape index (κ3) is 1.02. The Kier molecular flexibility index (Phi) is 1.47. The van der Waals surface area contributed by atoms with E-state index in [1.54, 1.807) is 13.0 Å². The Morgan fingerprint density at radius 2 is 2.25 bits per heavy atom. The summed E-state index contributed by atoms with van der Waals surface area (Å²) in [5.74, 6) is -0.453. The molecule has 0 saturated carbocycles. The highest BCUT2D eigenvalue weighted by Gasteiger charge is 2.06. The molecule has 2 N–H and O–H groups in total. The molecule has 0 amide bonds. The maximum absolute atomic E-state index is 12.9. The third-order valence-corrected chi connectivity index (χ3v) is 2.32. The summed E-state index contributed by atoms with van der Waals surface area (Å²) in [5, 5.41) is 0.419. The predicted octanol–water partition coefficient (Wildman–Crippen LogP) is 1.72. The Morgan fingerprint density at radius 1 is 1.50 bits per heavy atom. The van der Waals surface area contributed by atoms with E-state index in [-0.39, 0.29) is 0 Å². The summed E-state index contributed by atoms with van der Waals surface area (Å²) in [6.45, 7) is 1.65. The highest BCUT2D eigenvalue weighted by atomic mass is 32.1. The SMILES string of the molecule is Cc1cc2nc(N)sc2nc1F. The quantitative estimate of drug-likeness (QED) is 0.633. The van der Waals surface area contributed by atoms with Gasteiger partial charge in [-0.25, -0.2) is 9.97 Å². The number of nitrogens with zero attached hydrogens (tertiary/aromatic N) is 2. The summed E-state index contributed by atoms with van der Waals surface area (Å²) >= 11 is 1.19. The molecule has 0 radical (unpaired) electrons. The van der Waals surface area contributed by atoms with Gasteiger partial charge in [-0.05, 0) is 13.0 Å². The van der Waals surface area contributed by atoms with Crippen LogP contribution in [0.1, 0.15) is 5.56 Å². The van der Waals surface area contributed by atoms with E-state index >= 15 is 0 Å². The number of pyridine rings is 1. The summed E-state index contributed by atoms with van der Waals surface area (Å²) in [4.78, 5) is 8.24. The Labute approximate surface area is 72.1 Å². The number of aromatic nitrogens is 2. The Hall–Kier alpha value is -1.23. The lowest BCUT2D eigenvalue weighted by molar-refractivity contribution is 0.580. The second-order valence-corrected chi connectivity index (χ2v) is 3.48. The Bertz CT molecular complexity index is 398. The lowest BCUT2D eigenvalue weighted by Gasteiger charge is -1.92. The van der Waals surface area contributed by atoms with Gasteiger partial charge in [-0.3, -0.25) is 0 Å². The molecule has 2 aromatic rings. The molecule has 0 aromatic carbocycles. The van der Waals surface area contributed by atoms with Crippen LogP contribution in [0.3, 0.4) is 0 Å². The van der Waals surface area contributed by atoms with Crippen molar-refractivity contribution in [1.82, 2.24) is 9.97 Å². The number of hydrogen-bond donors (Lipinski definition) is 1. The second kappa shape index (κ2) is 2.38. The summed E-state index contributed by atoms with van der Waals surface area (Å²) in [6, 6.07) is 1.64. The first-order chi connectivity index (χ1) is 5.66. The van der Waals surface area contributed by atoms with Gasteiger partial charge in [-0.15, -0.1) is 0 Å². The zero-order valence-electron chi connectivity index (χ0n) is 6.34. The van der Waals surface area contributed by atoms with Crippen molar-refractivity contribution in [2.75, 3.05) is 5.73 Å². The van der Waals surface area contributed by atoms with E-state index in [9.17, 15) is 4.39 Å². The van der Waals surface area contributed by atoms with Gasteiger partial charge < -0.3 is 5.73 Å². The maximum atomic E-state index is 12.9. The van der Waals surface area contributed by atoms with Crippen LogP contribution < -0.4 is 5.73 Å². The number of fused-ring (bicyclic) bond motifs is 1. The Morgan fingerprint density at radius 3 is 3.00 bits per heavy atom. The standard InChI is InChI=1S/C7H6FN3S/c1-3-2-4-6(11-5(3)8)12-7(9)10-4/h2H,1H3,(H2,9,10). The van der Waals surface area contributed by atoms with Gasteiger partial charge >= 0.3 is 0 Å². The molecule has 0 saturated heterocycles. The number of thiazole rings is 1. The van der Waals surface area contributed by atoms with Crippen molar-refractivity contribution in [3.8, 4) is 0 Å². The second-order valence-electron chi connectivity index (χ2n) is 2.47. The molecule has 0 atom stereocenters. The molecule has 3 nitrogen and oxygen atoms in total. The molecule has 62 valence electrons. The molecular formula is C7H6FN3S. The van der Waals surface area contributed by atoms with Gasteiger partial charge in [0.1, 0.15) is 10.3 Å². The summed E-state index contributed by atoms with van der Waals surface area (Å²) < 4.78 is 12.9. The maximum Gasteiger partial charge on any atom is 0.217 e. The van der Waals surface area contributed by atoms with Crippen LogP contribution in [0.25, 0.3) is 10.3 Å². The van der Waals surface area contributed by atoms with Crippen LogP contribution in [-0.4, -0.2) is 9.97 Å². The van der Waals surface area contributed by atoms with Gasteiger partial charge in [0.05, 0.1) is 0 Å². The molecule has 5 heteroatoms. The predicted molar refractivity (Wildman–Crippen MR) is 46.5 cm³/mol. The summed E-state index contributed by atoms with van der Waals surface area (Å²) in [5.41, 5.74) is 6.59. The van der Waals surface area contributed by atoms with E-state index in [1.807, 2.05) is 0 Å². The lowest BCUT2D eigenvalue weighted by Crippen LogP contribution is -1.86. The first kappa shape index (κ1) is 7.42. The minimum absolute atomic E-state index is 0.419. The number of aryl methyl sites for hydroxylation is 1. The van der Waals surface area contributed by atoms with Gasteiger partial charge in [-0.1, -0.05) is 11.3 Å². The summed E-state index contributed by atoms with van der Waals surface area (Å²) in [7, 11) is 0. The number of halogens is 1. The molecular weight excluding hydrogens is 177 g/mol. The average molecular weight is 183 g/mol. The van der Waals surface area contributed by atoms with Crippen molar-refractivity contribution >= 4 is 26.8 Å². The molecule has 12 heavy (non-hydrogen) atoms.